The molecular formula is C18H15NO3. The van der Waals surface area contributed by atoms with Gasteiger partial charge in [-0.05, 0) is 29.5 Å². The standard InChI is InChI=1S/C18H15NO3/c1-12-6-7-13(8-17(12)22-11-18(20)21)16-10-19-9-14-4-2-3-5-15(14)16/h2-10H,11H2,1H3,(H,20,21). The first-order valence-corrected chi connectivity index (χ1v) is 6.93. The van der Waals surface area contributed by atoms with Crippen molar-refractivity contribution in [2.24, 2.45) is 0 Å². The van der Waals surface area contributed by atoms with Crippen molar-refractivity contribution in [1.82, 2.24) is 4.98 Å². The molecule has 2 aromatic carbocycles. The van der Waals surface area contributed by atoms with Crippen LogP contribution in [0.2, 0.25) is 0 Å². The molecule has 4 heteroatoms. The van der Waals surface area contributed by atoms with Crippen LogP contribution in [-0.2, 0) is 4.79 Å². The lowest BCUT2D eigenvalue weighted by molar-refractivity contribution is -0.139. The van der Waals surface area contributed by atoms with Crippen LogP contribution in [-0.4, -0.2) is 22.7 Å². The zero-order chi connectivity index (χ0) is 15.5. The summed E-state index contributed by atoms with van der Waals surface area (Å²) in [6.45, 7) is 1.54. The van der Waals surface area contributed by atoms with E-state index in [0.717, 1.165) is 27.5 Å². The van der Waals surface area contributed by atoms with Crippen molar-refractivity contribution >= 4 is 16.7 Å². The molecule has 110 valence electrons. The molecule has 0 amide bonds. The monoisotopic (exact) mass is 293 g/mol. The van der Waals surface area contributed by atoms with E-state index in [0.29, 0.717) is 5.75 Å². The van der Waals surface area contributed by atoms with E-state index in [4.69, 9.17) is 9.84 Å². The second-order valence-electron chi connectivity index (χ2n) is 5.07. The van der Waals surface area contributed by atoms with E-state index in [9.17, 15) is 4.79 Å². The molecular weight excluding hydrogens is 278 g/mol. The fourth-order valence-electron chi connectivity index (χ4n) is 2.41. The number of aromatic nitrogens is 1. The predicted octanol–water partition coefficient (Wildman–Crippen LogP) is 3.67. The Bertz CT molecular complexity index is 837. The molecule has 0 saturated carbocycles. The van der Waals surface area contributed by atoms with E-state index < -0.39 is 5.97 Å². The second kappa shape index (κ2) is 5.85. The zero-order valence-electron chi connectivity index (χ0n) is 12.1. The Morgan fingerprint density at radius 3 is 2.82 bits per heavy atom. The van der Waals surface area contributed by atoms with Gasteiger partial charge in [0.2, 0.25) is 0 Å². The van der Waals surface area contributed by atoms with Crippen molar-refractivity contribution in [3.63, 3.8) is 0 Å². The van der Waals surface area contributed by atoms with Crippen molar-refractivity contribution in [2.75, 3.05) is 6.61 Å². The molecule has 0 atom stereocenters. The van der Waals surface area contributed by atoms with Gasteiger partial charge >= 0.3 is 5.97 Å². The van der Waals surface area contributed by atoms with Gasteiger partial charge in [-0.25, -0.2) is 4.79 Å². The van der Waals surface area contributed by atoms with Gasteiger partial charge in [0, 0.05) is 23.3 Å². The van der Waals surface area contributed by atoms with Crippen LogP contribution in [0.3, 0.4) is 0 Å². The van der Waals surface area contributed by atoms with E-state index >= 15 is 0 Å². The number of fused-ring (bicyclic) bond motifs is 1. The van der Waals surface area contributed by atoms with E-state index in [1.807, 2.05) is 61.8 Å². The summed E-state index contributed by atoms with van der Waals surface area (Å²) < 4.78 is 5.35. The molecule has 0 aliphatic heterocycles. The number of carbonyl (C=O) groups is 1. The number of pyridine rings is 1. The van der Waals surface area contributed by atoms with Crippen molar-refractivity contribution < 1.29 is 14.6 Å². The normalized spacial score (nSPS) is 10.6. The third-order valence-corrected chi connectivity index (χ3v) is 3.52. The van der Waals surface area contributed by atoms with Crippen LogP contribution in [0, 0.1) is 6.92 Å². The van der Waals surface area contributed by atoms with Crippen molar-refractivity contribution in [2.45, 2.75) is 6.92 Å². The lowest BCUT2D eigenvalue weighted by Crippen LogP contribution is -2.10. The van der Waals surface area contributed by atoms with E-state index in [-0.39, 0.29) is 6.61 Å². The van der Waals surface area contributed by atoms with Gasteiger partial charge in [-0.3, -0.25) is 4.98 Å². The minimum atomic E-state index is -0.989. The summed E-state index contributed by atoms with van der Waals surface area (Å²) in [5.41, 5.74) is 2.85. The van der Waals surface area contributed by atoms with Gasteiger partial charge < -0.3 is 9.84 Å². The Morgan fingerprint density at radius 2 is 2.00 bits per heavy atom. The molecule has 0 aliphatic rings. The zero-order valence-corrected chi connectivity index (χ0v) is 12.1. The molecule has 0 spiro atoms. The first-order chi connectivity index (χ1) is 10.6. The second-order valence-corrected chi connectivity index (χ2v) is 5.07. The molecule has 1 aromatic heterocycles. The molecule has 1 heterocycles. The van der Waals surface area contributed by atoms with Gasteiger partial charge in [0.15, 0.2) is 6.61 Å². The molecule has 0 unspecified atom stereocenters. The van der Waals surface area contributed by atoms with Crippen LogP contribution in [0.4, 0.5) is 0 Å². The minimum absolute atomic E-state index is 0.349. The number of carboxylic acids is 1. The highest BCUT2D eigenvalue weighted by Gasteiger charge is 2.08. The molecule has 0 saturated heterocycles. The Labute approximate surface area is 128 Å². The van der Waals surface area contributed by atoms with Crippen molar-refractivity contribution in [3.8, 4) is 16.9 Å². The summed E-state index contributed by atoms with van der Waals surface area (Å²) in [6.07, 6.45) is 3.64. The molecule has 0 aliphatic carbocycles. The third kappa shape index (κ3) is 2.76. The number of rotatable bonds is 4. The number of hydrogen-bond acceptors (Lipinski definition) is 3. The summed E-state index contributed by atoms with van der Waals surface area (Å²) in [5.74, 6) is -0.413. The Kier molecular flexibility index (Phi) is 3.74. The van der Waals surface area contributed by atoms with Crippen LogP contribution < -0.4 is 4.74 Å². The number of ether oxygens (including phenoxy) is 1. The molecule has 3 aromatic rings. The molecule has 0 fully saturated rings. The quantitative estimate of drug-likeness (QED) is 0.797. The van der Waals surface area contributed by atoms with E-state index in [1.54, 1.807) is 0 Å². The molecule has 0 bridgehead atoms. The average molecular weight is 293 g/mol. The summed E-state index contributed by atoms with van der Waals surface area (Å²) >= 11 is 0. The number of hydrogen-bond donors (Lipinski definition) is 1. The first-order valence-electron chi connectivity index (χ1n) is 6.93. The predicted molar refractivity (Wildman–Crippen MR) is 85.0 cm³/mol. The number of aliphatic carboxylic acids is 1. The number of aryl methyl sites for hydroxylation is 1. The highest BCUT2D eigenvalue weighted by Crippen LogP contribution is 2.31. The molecule has 0 radical (unpaired) electrons. The highest BCUT2D eigenvalue weighted by molar-refractivity contribution is 5.95. The molecule has 3 rings (SSSR count). The molecule has 4 nitrogen and oxygen atoms in total. The van der Waals surface area contributed by atoms with Crippen LogP contribution in [0.1, 0.15) is 5.56 Å². The largest absolute Gasteiger partial charge is 0.482 e. The lowest BCUT2D eigenvalue weighted by atomic mass is 10.00. The molecule has 1 N–H and O–H groups in total. The van der Waals surface area contributed by atoms with Crippen molar-refractivity contribution in [3.05, 3.63) is 60.4 Å². The Balaban J connectivity index is 2.07. The van der Waals surface area contributed by atoms with E-state index in [2.05, 4.69) is 4.98 Å². The van der Waals surface area contributed by atoms with E-state index in [1.165, 1.54) is 0 Å². The fourth-order valence-corrected chi connectivity index (χ4v) is 2.41. The van der Waals surface area contributed by atoms with Crippen LogP contribution >= 0.6 is 0 Å². The smallest absolute Gasteiger partial charge is 0.341 e. The summed E-state index contributed by atoms with van der Waals surface area (Å²) in [6, 6.07) is 13.8. The maximum absolute atomic E-state index is 10.7. The van der Waals surface area contributed by atoms with Gasteiger partial charge in [-0.15, -0.1) is 0 Å². The number of benzene rings is 2. The summed E-state index contributed by atoms with van der Waals surface area (Å²) in [5, 5.41) is 10.9. The number of carboxylic acid groups (broad SMARTS) is 1. The lowest BCUT2D eigenvalue weighted by Gasteiger charge is -2.11. The van der Waals surface area contributed by atoms with Gasteiger partial charge in [0.05, 0.1) is 0 Å². The van der Waals surface area contributed by atoms with Gasteiger partial charge in [0.25, 0.3) is 0 Å². The van der Waals surface area contributed by atoms with Gasteiger partial charge in [0.1, 0.15) is 5.75 Å². The molecule has 22 heavy (non-hydrogen) atoms. The summed E-state index contributed by atoms with van der Waals surface area (Å²) in [7, 11) is 0. The minimum Gasteiger partial charge on any atom is -0.482 e. The Morgan fingerprint density at radius 1 is 1.18 bits per heavy atom. The van der Waals surface area contributed by atoms with Gasteiger partial charge in [-0.1, -0.05) is 36.4 Å². The van der Waals surface area contributed by atoms with Crippen LogP contribution in [0.5, 0.6) is 5.75 Å². The maximum atomic E-state index is 10.7. The maximum Gasteiger partial charge on any atom is 0.341 e. The van der Waals surface area contributed by atoms with Gasteiger partial charge in [-0.2, -0.15) is 0 Å². The first kappa shape index (κ1) is 14.1. The highest BCUT2D eigenvalue weighted by atomic mass is 16.5. The SMILES string of the molecule is Cc1ccc(-c2cncc3ccccc23)cc1OCC(=O)O. The topological polar surface area (TPSA) is 59.4 Å². The fraction of sp³-hybridized carbons (Fsp3) is 0.111. The van der Waals surface area contributed by atoms with Crippen LogP contribution in [0.15, 0.2) is 54.9 Å². The average Bonchev–Trinajstić information content (AvgIpc) is 2.53. The van der Waals surface area contributed by atoms with Crippen LogP contribution in [0.25, 0.3) is 21.9 Å². The summed E-state index contributed by atoms with van der Waals surface area (Å²) in [4.78, 5) is 15.0. The third-order valence-electron chi connectivity index (χ3n) is 3.52. The van der Waals surface area contributed by atoms with Crippen molar-refractivity contribution in [1.29, 1.82) is 0 Å². The Hall–Kier alpha value is -2.88. The number of nitrogens with zero attached hydrogens (tertiary/aromatic N) is 1.